The number of ether oxygens (including phenoxy) is 1. The van der Waals surface area contributed by atoms with Gasteiger partial charge in [0.15, 0.2) is 11.5 Å². The summed E-state index contributed by atoms with van der Waals surface area (Å²) in [7, 11) is 1.67. The van der Waals surface area contributed by atoms with E-state index in [1.807, 2.05) is 0 Å². The Labute approximate surface area is 198 Å². The molecule has 2 N–H and O–H groups in total. The molecule has 10 nitrogen and oxygen atoms in total. The highest BCUT2D eigenvalue weighted by Gasteiger charge is 2.39. The minimum Gasteiger partial charge on any atom is -0.475 e. The topological polar surface area (TPSA) is 127 Å². The molecule has 0 saturated heterocycles. The number of nitrogens with one attached hydrogen (secondary N) is 1. The summed E-state index contributed by atoms with van der Waals surface area (Å²) >= 11 is 1.72. The summed E-state index contributed by atoms with van der Waals surface area (Å²) in [6.45, 7) is 4.08. The van der Waals surface area contributed by atoms with Gasteiger partial charge in [-0.1, -0.05) is 6.92 Å². The molecule has 0 radical (unpaired) electrons. The fourth-order valence-electron chi connectivity index (χ4n) is 3.03. The number of hydrogen-bond donors (Lipinski definition) is 2. The summed E-state index contributed by atoms with van der Waals surface area (Å²) in [5, 5.41) is 33.6. The zero-order valence-electron chi connectivity index (χ0n) is 18.7. The van der Waals surface area contributed by atoms with Crippen LogP contribution in [0.1, 0.15) is 48.5 Å². The zero-order chi connectivity index (χ0) is 25.2. The van der Waals surface area contributed by atoms with Gasteiger partial charge in [-0.3, -0.25) is 0 Å². The van der Waals surface area contributed by atoms with Crippen LogP contribution in [0.5, 0.6) is 0 Å². The maximum Gasteiger partial charge on any atom is 0.490 e. The highest BCUT2D eigenvalue weighted by Crippen LogP contribution is 2.37. The number of halogens is 3. The summed E-state index contributed by atoms with van der Waals surface area (Å²) in [6.07, 6.45) is 3.57. The third-order valence-corrected chi connectivity index (χ3v) is 5.94. The molecule has 34 heavy (non-hydrogen) atoms. The number of aryl methyl sites for hydroxylation is 1. The Kier molecular flexibility index (Phi) is 10.1. The molecule has 0 bridgehead atoms. The summed E-state index contributed by atoms with van der Waals surface area (Å²) in [5.41, 5.74) is 1.01. The number of rotatable bonds is 12. The number of nitrogens with zero attached hydrogens (tertiary/aromatic N) is 6. The van der Waals surface area contributed by atoms with Gasteiger partial charge < -0.3 is 15.2 Å². The minimum absolute atomic E-state index is 0.0739. The maximum absolute atomic E-state index is 10.6. The minimum atomic E-state index is -5.08. The van der Waals surface area contributed by atoms with E-state index in [0.717, 1.165) is 31.6 Å². The molecule has 3 rings (SSSR count). The average Bonchev–Trinajstić information content (AvgIpc) is 3.19. The van der Waals surface area contributed by atoms with Crippen LogP contribution in [-0.4, -0.2) is 63.4 Å². The second-order valence-electron chi connectivity index (χ2n) is 7.24. The van der Waals surface area contributed by atoms with E-state index in [9.17, 15) is 13.2 Å². The fourth-order valence-corrected chi connectivity index (χ4v) is 4.10. The molecule has 14 heteroatoms. The van der Waals surface area contributed by atoms with E-state index < -0.39 is 12.1 Å². The predicted octanol–water partition coefficient (Wildman–Crippen LogP) is 3.22. The predicted molar refractivity (Wildman–Crippen MR) is 117 cm³/mol. The first kappa shape index (κ1) is 27.4. The van der Waals surface area contributed by atoms with Gasteiger partial charge in [0.25, 0.3) is 0 Å². The van der Waals surface area contributed by atoms with Gasteiger partial charge in [0.2, 0.25) is 0 Å². The highest BCUT2D eigenvalue weighted by atomic mass is 32.1. The van der Waals surface area contributed by atoms with Crippen molar-refractivity contribution >= 4 is 17.3 Å². The molecule has 2 aromatic rings. The average molecular weight is 502 g/mol. The lowest BCUT2D eigenvalue weighted by Gasteiger charge is -2.19. The largest absolute Gasteiger partial charge is 0.490 e. The number of thiophene rings is 1. The number of hydrogen-bond acceptors (Lipinski definition) is 9. The third-order valence-electron chi connectivity index (χ3n) is 4.92. The highest BCUT2D eigenvalue weighted by molar-refractivity contribution is 7.10. The molecule has 2 aromatic heterocycles. The van der Waals surface area contributed by atoms with Crippen molar-refractivity contribution in [2.75, 3.05) is 20.3 Å². The smallest absolute Gasteiger partial charge is 0.475 e. The van der Waals surface area contributed by atoms with Crippen LogP contribution in [-0.2, 0) is 22.5 Å². The second kappa shape index (κ2) is 12.5. The fraction of sp³-hybridized carbons (Fsp3) is 0.600. The van der Waals surface area contributed by atoms with E-state index in [1.165, 1.54) is 10.4 Å². The molecule has 1 aliphatic rings. The van der Waals surface area contributed by atoms with Gasteiger partial charge in [-0.05, 0) is 33.9 Å². The van der Waals surface area contributed by atoms with Crippen LogP contribution >= 0.6 is 11.3 Å². The van der Waals surface area contributed by atoms with E-state index in [2.05, 4.69) is 55.4 Å². The van der Waals surface area contributed by atoms with E-state index >= 15 is 0 Å². The molecule has 1 unspecified atom stereocenters. The van der Waals surface area contributed by atoms with Gasteiger partial charge in [0.1, 0.15) is 6.04 Å². The molecular formula is C20H26F3N7O3S. The summed E-state index contributed by atoms with van der Waals surface area (Å²) in [6, 6.07) is 2.09. The molecule has 0 saturated carbocycles. The molecule has 0 amide bonds. The number of alkyl halides is 3. The number of terminal acetylenes is 1. The van der Waals surface area contributed by atoms with Crippen molar-refractivity contribution in [3.05, 3.63) is 27.7 Å². The summed E-state index contributed by atoms with van der Waals surface area (Å²) < 4.78 is 38.7. The maximum atomic E-state index is 10.6. The van der Waals surface area contributed by atoms with Gasteiger partial charge in [0.05, 0.1) is 13.2 Å². The number of aliphatic carboxylic acids is 1. The van der Waals surface area contributed by atoms with Crippen LogP contribution in [0.2, 0.25) is 0 Å². The normalized spacial score (nSPS) is 14.7. The molecule has 186 valence electrons. The van der Waals surface area contributed by atoms with Crippen LogP contribution in [0.3, 0.4) is 0 Å². The Bertz CT molecular complexity index is 994. The van der Waals surface area contributed by atoms with Crippen molar-refractivity contribution < 1.29 is 27.8 Å². The molecule has 1 atom stereocenters. The van der Waals surface area contributed by atoms with Crippen molar-refractivity contribution in [3.8, 4) is 12.3 Å². The van der Waals surface area contributed by atoms with Gasteiger partial charge in [-0.2, -0.15) is 23.4 Å². The van der Waals surface area contributed by atoms with E-state index in [1.54, 1.807) is 23.1 Å². The quantitative estimate of drug-likeness (QED) is 0.428. The Morgan fingerprint density at radius 3 is 2.68 bits per heavy atom. The Morgan fingerprint density at radius 1 is 1.41 bits per heavy atom. The van der Waals surface area contributed by atoms with Crippen LogP contribution in [0.15, 0.2) is 21.7 Å². The molecule has 3 heterocycles. The van der Waals surface area contributed by atoms with Gasteiger partial charge in [-0.15, -0.1) is 28.8 Å². The van der Waals surface area contributed by atoms with Crippen molar-refractivity contribution in [2.45, 2.75) is 57.0 Å². The van der Waals surface area contributed by atoms with Crippen LogP contribution in [0, 0.1) is 12.3 Å². The molecule has 0 spiro atoms. The van der Waals surface area contributed by atoms with E-state index in [0.29, 0.717) is 19.6 Å². The zero-order valence-corrected chi connectivity index (χ0v) is 19.6. The van der Waals surface area contributed by atoms with Crippen LogP contribution < -0.4 is 5.32 Å². The Morgan fingerprint density at radius 2 is 2.12 bits per heavy atom. The van der Waals surface area contributed by atoms with Gasteiger partial charge in [0, 0.05) is 37.8 Å². The van der Waals surface area contributed by atoms with E-state index in [4.69, 9.17) is 21.1 Å². The van der Waals surface area contributed by atoms with Gasteiger partial charge in [-0.25, -0.2) is 9.48 Å². The number of carbonyl (C=O) groups is 1. The van der Waals surface area contributed by atoms with Crippen LogP contribution in [0.25, 0.3) is 0 Å². The lowest BCUT2D eigenvalue weighted by molar-refractivity contribution is -0.192. The van der Waals surface area contributed by atoms with Crippen molar-refractivity contribution in [1.82, 2.24) is 25.5 Å². The summed E-state index contributed by atoms with van der Waals surface area (Å²) in [5.74, 6) is 0.710. The first-order valence-corrected chi connectivity index (χ1v) is 11.3. The lowest BCUT2D eigenvalue weighted by Crippen LogP contribution is -2.30. The molecule has 1 aliphatic heterocycles. The standard InChI is InChI=1S/C18H25N7OS.C2HF3O2/c1-4-6-8-18(21-22-18)9-10-19-15(16-14(5-2)7-13-27-16)17-20-23-24-25(17)11-12-26-3;3-2(4,5)1(6)7/h1,7,13,15,19H,5-6,8-12H2,2-3H3;(H,6,7). The van der Waals surface area contributed by atoms with Crippen LogP contribution in [0.4, 0.5) is 13.2 Å². The van der Waals surface area contributed by atoms with Crippen molar-refractivity contribution in [3.63, 3.8) is 0 Å². The van der Waals surface area contributed by atoms with Crippen molar-refractivity contribution in [2.24, 2.45) is 10.2 Å². The number of tetrazole rings is 1. The monoisotopic (exact) mass is 501 g/mol. The number of methoxy groups -OCH3 is 1. The van der Waals surface area contributed by atoms with Gasteiger partial charge >= 0.3 is 12.1 Å². The molecular weight excluding hydrogens is 475 g/mol. The number of aromatic nitrogens is 4. The first-order valence-electron chi connectivity index (χ1n) is 10.4. The Hall–Kier alpha value is -2.89. The number of carboxylic acid groups (broad SMARTS) is 1. The van der Waals surface area contributed by atoms with Crippen molar-refractivity contribution in [1.29, 1.82) is 0 Å². The third kappa shape index (κ3) is 7.86. The SMILES string of the molecule is C#CCCC1(CCNC(c2sccc2CC)c2nnnn2CCOC)N=N1.O=C(O)C(F)(F)F. The summed E-state index contributed by atoms with van der Waals surface area (Å²) in [4.78, 5) is 10.1. The second-order valence-corrected chi connectivity index (χ2v) is 8.19. The molecule has 0 aliphatic carbocycles. The molecule has 0 aromatic carbocycles. The van der Waals surface area contributed by atoms with E-state index in [-0.39, 0.29) is 11.7 Å². The lowest BCUT2D eigenvalue weighted by atomic mass is 10.0. The molecule has 0 fully saturated rings. The first-order chi connectivity index (χ1) is 16.2. The number of carboxylic acids is 1. The Balaban J connectivity index is 0.000000509.